The topological polar surface area (TPSA) is 38.0 Å². The fraction of sp³-hybridized carbons (Fsp3) is 0.333. The van der Waals surface area contributed by atoms with Crippen molar-refractivity contribution in [1.82, 2.24) is 0 Å². The third kappa shape index (κ3) is 2.97. The molecule has 0 aliphatic heterocycles. The summed E-state index contributed by atoms with van der Waals surface area (Å²) in [4.78, 5) is 0. The van der Waals surface area contributed by atoms with Gasteiger partial charge < -0.3 is 11.1 Å². The molecule has 4 heteroatoms. The molecule has 1 rings (SSSR count). The predicted octanol–water partition coefficient (Wildman–Crippen LogP) is 2.35. The first-order valence-corrected chi connectivity index (χ1v) is 4.84. The first kappa shape index (κ1) is 10.5. The van der Waals surface area contributed by atoms with E-state index in [1.54, 1.807) is 12.1 Å². The van der Waals surface area contributed by atoms with E-state index in [9.17, 15) is 4.39 Å². The van der Waals surface area contributed by atoms with Crippen molar-refractivity contribution in [2.24, 2.45) is 5.73 Å². The lowest BCUT2D eigenvalue weighted by Crippen LogP contribution is -2.25. The van der Waals surface area contributed by atoms with Gasteiger partial charge in [0.2, 0.25) is 0 Å². The smallest absolute Gasteiger partial charge is 0.137 e. The SMILES string of the molecule is CC(CN)Nc1ccc(F)c(Br)c1. The number of hydrogen-bond donors (Lipinski definition) is 2. The van der Waals surface area contributed by atoms with E-state index in [4.69, 9.17) is 5.73 Å². The van der Waals surface area contributed by atoms with Crippen LogP contribution in [-0.2, 0) is 0 Å². The molecule has 0 aliphatic carbocycles. The van der Waals surface area contributed by atoms with Crippen molar-refractivity contribution in [3.63, 3.8) is 0 Å². The zero-order chi connectivity index (χ0) is 9.84. The quantitative estimate of drug-likeness (QED) is 0.860. The highest BCUT2D eigenvalue weighted by molar-refractivity contribution is 9.10. The molecule has 3 N–H and O–H groups in total. The highest BCUT2D eigenvalue weighted by Gasteiger charge is 2.02. The number of hydrogen-bond acceptors (Lipinski definition) is 2. The van der Waals surface area contributed by atoms with Gasteiger partial charge in [-0.1, -0.05) is 0 Å². The molecule has 0 saturated heterocycles. The monoisotopic (exact) mass is 246 g/mol. The van der Waals surface area contributed by atoms with Crippen LogP contribution in [0.4, 0.5) is 10.1 Å². The minimum Gasteiger partial charge on any atom is -0.381 e. The van der Waals surface area contributed by atoms with E-state index in [1.807, 2.05) is 6.92 Å². The van der Waals surface area contributed by atoms with Gasteiger partial charge in [-0.15, -0.1) is 0 Å². The second kappa shape index (κ2) is 4.58. The summed E-state index contributed by atoms with van der Waals surface area (Å²) >= 11 is 3.11. The van der Waals surface area contributed by atoms with Crippen LogP contribution in [0.25, 0.3) is 0 Å². The maximum absolute atomic E-state index is 12.8. The van der Waals surface area contributed by atoms with Gasteiger partial charge in [-0.2, -0.15) is 0 Å². The number of rotatable bonds is 3. The van der Waals surface area contributed by atoms with Gasteiger partial charge in [0.05, 0.1) is 4.47 Å². The Hall–Kier alpha value is -0.610. The Bertz CT molecular complexity index is 291. The fourth-order valence-electron chi connectivity index (χ4n) is 0.929. The maximum Gasteiger partial charge on any atom is 0.137 e. The Morgan fingerprint density at radius 3 is 2.85 bits per heavy atom. The Kier molecular flexibility index (Phi) is 3.69. The third-order valence-corrected chi connectivity index (χ3v) is 2.29. The number of nitrogens with two attached hydrogens (primary N) is 1. The Labute approximate surface area is 85.4 Å². The Morgan fingerprint density at radius 1 is 1.62 bits per heavy atom. The van der Waals surface area contributed by atoms with Crippen molar-refractivity contribution in [2.45, 2.75) is 13.0 Å². The third-order valence-electron chi connectivity index (χ3n) is 1.69. The summed E-state index contributed by atoms with van der Waals surface area (Å²) in [6.07, 6.45) is 0. The molecule has 0 heterocycles. The van der Waals surface area contributed by atoms with Crippen molar-refractivity contribution in [2.75, 3.05) is 11.9 Å². The lowest BCUT2D eigenvalue weighted by molar-refractivity contribution is 0.621. The molecule has 0 saturated carbocycles. The highest BCUT2D eigenvalue weighted by Crippen LogP contribution is 2.20. The van der Waals surface area contributed by atoms with Crippen molar-refractivity contribution in [3.8, 4) is 0 Å². The molecule has 0 radical (unpaired) electrons. The largest absolute Gasteiger partial charge is 0.381 e. The minimum atomic E-state index is -0.258. The normalized spacial score (nSPS) is 12.6. The average Bonchev–Trinajstić information content (AvgIpc) is 2.11. The van der Waals surface area contributed by atoms with Crippen LogP contribution in [0.3, 0.4) is 0 Å². The Balaban J connectivity index is 2.73. The lowest BCUT2D eigenvalue weighted by Gasteiger charge is -2.12. The lowest BCUT2D eigenvalue weighted by atomic mass is 10.2. The number of benzene rings is 1. The summed E-state index contributed by atoms with van der Waals surface area (Å²) < 4.78 is 13.3. The summed E-state index contributed by atoms with van der Waals surface area (Å²) in [6, 6.07) is 4.99. The summed E-state index contributed by atoms with van der Waals surface area (Å²) in [5.41, 5.74) is 6.31. The van der Waals surface area contributed by atoms with E-state index in [2.05, 4.69) is 21.2 Å². The first-order chi connectivity index (χ1) is 6.13. The molecule has 1 aromatic rings. The molecule has 1 unspecified atom stereocenters. The molecule has 1 atom stereocenters. The number of anilines is 1. The van der Waals surface area contributed by atoms with Gasteiger partial charge >= 0.3 is 0 Å². The van der Waals surface area contributed by atoms with Crippen molar-refractivity contribution in [3.05, 3.63) is 28.5 Å². The molecular formula is C9H12BrFN2. The van der Waals surface area contributed by atoms with Crippen LogP contribution >= 0.6 is 15.9 Å². The van der Waals surface area contributed by atoms with E-state index < -0.39 is 0 Å². The van der Waals surface area contributed by atoms with Crippen LogP contribution in [0, 0.1) is 5.82 Å². The summed E-state index contributed by atoms with van der Waals surface area (Å²) in [6.45, 7) is 2.52. The van der Waals surface area contributed by atoms with Gasteiger partial charge in [0.25, 0.3) is 0 Å². The molecule has 72 valence electrons. The minimum absolute atomic E-state index is 0.192. The van der Waals surface area contributed by atoms with Crippen LogP contribution in [-0.4, -0.2) is 12.6 Å². The van der Waals surface area contributed by atoms with Gasteiger partial charge in [-0.3, -0.25) is 0 Å². The molecule has 0 aliphatic rings. The first-order valence-electron chi connectivity index (χ1n) is 4.05. The molecule has 1 aromatic carbocycles. The Morgan fingerprint density at radius 2 is 2.31 bits per heavy atom. The van der Waals surface area contributed by atoms with Crippen LogP contribution < -0.4 is 11.1 Å². The molecule has 13 heavy (non-hydrogen) atoms. The molecule has 0 fully saturated rings. The zero-order valence-corrected chi connectivity index (χ0v) is 8.94. The molecule has 0 aromatic heterocycles. The zero-order valence-electron chi connectivity index (χ0n) is 7.35. The molecule has 0 spiro atoms. The predicted molar refractivity (Wildman–Crippen MR) is 56.2 cm³/mol. The average molecular weight is 247 g/mol. The second-order valence-electron chi connectivity index (χ2n) is 2.91. The van der Waals surface area contributed by atoms with Crippen LogP contribution in [0.5, 0.6) is 0 Å². The van der Waals surface area contributed by atoms with E-state index in [1.165, 1.54) is 6.07 Å². The van der Waals surface area contributed by atoms with Gasteiger partial charge in [0.1, 0.15) is 5.82 Å². The summed E-state index contributed by atoms with van der Waals surface area (Å²) in [5, 5.41) is 3.14. The van der Waals surface area contributed by atoms with Gasteiger partial charge in [-0.05, 0) is 41.1 Å². The number of halogens is 2. The fourth-order valence-corrected chi connectivity index (χ4v) is 1.31. The molecule has 0 amide bonds. The second-order valence-corrected chi connectivity index (χ2v) is 3.76. The van der Waals surface area contributed by atoms with Crippen LogP contribution in [0.1, 0.15) is 6.92 Å². The van der Waals surface area contributed by atoms with Gasteiger partial charge in [0, 0.05) is 18.3 Å². The van der Waals surface area contributed by atoms with E-state index in [0.29, 0.717) is 11.0 Å². The van der Waals surface area contributed by atoms with E-state index >= 15 is 0 Å². The maximum atomic E-state index is 12.8. The van der Waals surface area contributed by atoms with Crippen LogP contribution in [0.2, 0.25) is 0 Å². The van der Waals surface area contributed by atoms with Crippen molar-refractivity contribution in [1.29, 1.82) is 0 Å². The van der Waals surface area contributed by atoms with Crippen molar-refractivity contribution >= 4 is 21.6 Å². The van der Waals surface area contributed by atoms with Gasteiger partial charge in [0.15, 0.2) is 0 Å². The standard InChI is InChI=1S/C9H12BrFN2/c1-6(5-12)13-7-2-3-9(11)8(10)4-7/h2-4,6,13H,5,12H2,1H3. The molecular weight excluding hydrogens is 235 g/mol. The highest BCUT2D eigenvalue weighted by atomic mass is 79.9. The van der Waals surface area contributed by atoms with Gasteiger partial charge in [-0.25, -0.2) is 4.39 Å². The van der Waals surface area contributed by atoms with E-state index in [-0.39, 0.29) is 11.9 Å². The summed E-state index contributed by atoms with van der Waals surface area (Å²) in [5.74, 6) is -0.258. The van der Waals surface area contributed by atoms with Crippen LogP contribution in [0.15, 0.2) is 22.7 Å². The summed E-state index contributed by atoms with van der Waals surface area (Å²) in [7, 11) is 0. The molecule has 2 nitrogen and oxygen atoms in total. The number of nitrogens with one attached hydrogen (secondary N) is 1. The van der Waals surface area contributed by atoms with E-state index in [0.717, 1.165) is 5.69 Å². The van der Waals surface area contributed by atoms with Crippen molar-refractivity contribution < 1.29 is 4.39 Å². The molecule has 0 bridgehead atoms.